The summed E-state index contributed by atoms with van der Waals surface area (Å²) in [6, 6.07) is 19.4. The highest BCUT2D eigenvalue weighted by Crippen LogP contribution is 2.36. The lowest BCUT2D eigenvalue weighted by Gasteiger charge is -2.11. The molecule has 0 saturated carbocycles. The van der Waals surface area contributed by atoms with Gasteiger partial charge in [0.1, 0.15) is 11.5 Å². The number of rotatable bonds is 7. The van der Waals surface area contributed by atoms with Crippen LogP contribution in [-0.4, -0.2) is 32.4 Å². The number of hydrogen-bond donors (Lipinski definition) is 0. The van der Waals surface area contributed by atoms with Crippen LogP contribution in [0.3, 0.4) is 0 Å². The monoisotopic (exact) mass is 514 g/mol. The molecule has 5 rings (SSSR count). The van der Waals surface area contributed by atoms with Gasteiger partial charge in [-0.05, 0) is 23.9 Å². The van der Waals surface area contributed by atoms with Crippen molar-refractivity contribution in [2.45, 2.75) is 0 Å². The summed E-state index contributed by atoms with van der Waals surface area (Å²) in [7, 11) is 0. The maximum absolute atomic E-state index is 13.1. The molecular weight excluding hydrogens is 496 g/mol. The topological polar surface area (TPSA) is 102 Å². The minimum Gasteiger partial charge on any atom is -0.457 e. The normalized spacial score (nSPS) is 15.7. The van der Waals surface area contributed by atoms with Crippen LogP contribution in [0.1, 0.15) is 5.76 Å². The maximum atomic E-state index is 13.1. The number of carbonyl (C=O) groups is 1. The number of thiazole rings is 1. The molecule has 3 heterocycles. The molecule has 2 aromatic heterocycles. The van der Waals surface area contributed by atoms with E-state index in [1.807, 2.05) is 35.7 Å². The Labute approximate surface area is 214 Å². The van der Waals surface area contributed by atoms with E-state index in [1.54, 1.807) is 36.4 Å². The van der Waals surface area contributed by atoms with Gasteiger partial charge in [0.2, 0.25) is 5.13 Å². The first-order valence-electron chi connectivity index (χ1n) is 10.8. The summed E-state index contributed by atoms with van der Waals surface area (Å²) >= 11 is 2.63. The van der Waals surface area contributed by atoms with E-state index in [2.05, 4.69) is 16.6 Å². The van der Waals surface area contributed by atoms with Gasteiger partial charge in [0.15, 0.2) is 5.17 Å². The number of amidine groups is 1. The van der Waals surface area contributed by atoms with Gasteiger partial charge in [0.25, 0.3) is 11.6 Å². The first kappa shape index (κ1) is 23.5. The van der Waals surface area contributed by atoms with Gasteiger partial charge in [-0.15, -0.1) is 17.9 Å². The molecule has 178 valence electrons. The molecule has 10 heteroatoms. The number of thioether (sulfide) groups is 1. The van der Waals surface area contributed by atoms with Gasteiger partial charge in [-0.1, -0.05) is 48.5 Å². The Bertz CT molecular complexity index is 1520. The van der Waals surface area contributed by atoms with E-state index in [4.69, 9.17) is 4.42 Å². The van der Waals surface area contributed by atoms with Crippen molar-refractivity contribution in [1.29, 1.82) is 0 Å². The highest BCUT2D eigenvalue weighted by molar-refractivity contribution is 8.18. The molecule has 2 aromatic carbocycles. The zero-order chi connectivity index (χ0) is 25.1. The molecule has 0 spiro atoms. The predicted molar refractivity (Wildman–Crippen MR) is 143 cm³/mol. The molecule has 1 aliphatic rings. The Kier molecular flexibility index (Phi) is 6.61. The molecule has 0 unspecified atom stereocenters. The lowest BCUT2D eigenvalue weighted by molar-refractivity contribution is -0.384. The number of nitrogens with zero attached hydrogens (tertiary/aromatic N) is 4. The number of non-ortho nitro benzene ring substituents is 1. The Morgan fingerprint density at radius 2 is 1.92 bits per heavy atom. The molecule has 0 N–H and O–H groups in total. The molecule has 4 aromatic rings. The lowest BCUT2D eigenvalue weighted by atomic mass is 10.1. The number of carbonyl (C=O) groups excluding carboxylic acids is 1. The van der Waals surface area contributed by atoms with Gasteiger partial charge in [-0.3, -0.25) is 19.8 Å². The first-order chi connectivity index (χ1) is 17.5. The Morgan fingerprint density at radius 1 is 1.11 bits per heavy atom. The van der Waals surface area contributed by atoms with Crippen molar-refractivity contribution in [3.05, 3.63) is 106 Å². The van der Waals surface area contributed by atoms with Gasteiger partial charge in [0, 0.05) is 41.3 Å². The smallest absolute Gasteiger partial charge is 0.270 e. The Morgan fingerprint density at radius 3 is 2.69 bits per heavy atom. The average Bonchev–Trinajstić information content (AvgIpc) is 3.62. The van der Waals surface area contributed by atoms with Crippen molar-refractivity contribution in [3.63, 3.8) is 0 Å². The number of aromatic nitrogens is 1. The Balaban J connectivity index is 1.41. The molecule has 0 radical (unpaired) electrons. The van der Waals surface area contributed by atoms with Crippen LogP contribution in [0.25, 0.3) is 28.7 Å². The molecule has 0 atom stereocenters. The molecular formula is C26H18N4O4S2. The number of nitro benzene ring substituents is 1. The van der Waals surface area contributed by atoms with Crippen molar-refractivity contribution in [2.75, 3.05) is 6.54 Å². The summed E-state index contributed by atoms with van der Waals surface area (Å²) in [5.41, 5.74) is 2.37. The molecule has 1 amide bonds. The summed E-state index contributed by atoms with van der Waals surface area (Å²) in [6.45, 7) is 4.05. The van der Waals surface area contributed by atoms with Crippen LogP contribution in [0.15, 0.2) is 99.1 Å². The summed E-state index contributed by atoms with van der Waals surface area (Å²) in [5, 5.41) is 14.1. The fraction of sp³-hybridized carbons (Fsp3) is 0.0385. The molecule has 1 saturated heterocycles. The molecule has 0 aliphatic carbocycles. The number of nitro groups is 1. The predicted octanol–water partition coefficient (Wildman–Crippen LogP) is 6.77. The van der Waals surface area contributed by atoms with E-state index in [-0.39, 0.29) is 11.6 Å². The second-order valence-corrected chi connectivity index (χ2v) is 9.45. The zero-order valence-corrected chi connectivity index (χ0v) is 20.4. The standard InChI is InChI=1S/C26H18N4O4S2/c1-2-13-29-24(31)23(15-20-11-12-22(34-20)18-9-6-10-19(14-18)30(32)33)36-26(29)28-25-27-21(16-35-25)17-7-4-3-5-8-17/h2-12,14-16H,1,13H2/b23-15+,28-26+. The average molecular weight is 515 g/mol. The van der Waals surface area contributed by atoms with Crippen LogP contribution in [0.4, 0.5) is 10.8 Å². The lowest BCUT2D eigenvalue weighted by Crippen LogP contribution is -2.29. The van der Waals surface area contributed by atoms with Gasteiger partial charge in [-0.2, -0.15) is 4.99 Å². The molecule has 0 bridgehead atoms. The molecule has 1 aliphatic heterocycles. The van der Waals surface area contributed by atoms with Crippen LogP contribution < -0.4 is 0 Å². The third-order valence-corrected chi connectivity index (χ3v) is 6.94. The van der Waals surface area contributed by atoms with Crippen molar-refractivity contribution in [3.8, 4) is 22.6 Å². The quantitative estimate of drug-likeness (QED) is 0.117. The van der Waals surface area contributed by atoms with Crippen molar-refractivity contribution in [2.24, 2.45) is 4.99 Å². The highest BCUT2D eigenvalue weighted by atomic mass is 32.2. The third kappa shape index (κ3) is 4.90. The van der Waals surface area contributed by atoms with Crippen LogP contribution >= 0.6 is 23.1 Å². The largest absolute Gasteiger partial charge is 0.457 e. The van der Waals surface area contributed by atoms with Gasteiger partial charge < -0.3 is 4.42 Å². The van der Waals surface area contributed by atoms with E-state index < -0.39 is 4.92 Å². The maximum Gasteiger partial charge on any atom is 0.270 e. The van der Waals surface area contributed by atoms with E-state index >= 15 is 0 Å². The summed E-state index contributed by atoms with van der Waals surface area (Å²) < 4.78 is 5.86. The third-order valence-electron chi connectivity index (χ3n) is 5.19. The molecule has 8 nitrogen and oxygen atoms in total. The number of amides is 1. The second-order valence-electron chi connectivity index (χ2n) is 7.60. The van der Waals surface area contributed by atoms with E-state index in [1.165, 1.54) is 40.1 Å². The summed E-state index contributed by atoms with van der Waals surface area (Å²) in [5.74, 6) is 0.702. The van der Waals surface area contributed by atoms with Gasteiger partial charge in [-0.25, -0.2) is 4.98 Å². The summed E-state index contributed by atoms with van der Waals surface area (Å²) in [4.78, 5) is 34.9. The fourth-order valence-corrected chi connectivity index (χ4v) is 5.23. The molecule has 1 fully saturated rings. The summed E-state index contributed by atoms with van der Waals surface area (Å²) in [6.07, 6.45) is 3.28. The minimum absolute atomic E-state index is 0.0242. The van der Waals surface area contributed by atoms with Crippen molar-refractivity contribution >= 4 is 51.1 Å². The van der Waals surface area contributed by atoms with Crippen LogP contribution in [0, 0.1) is 10.1 Å². The van der Waals surface area contributed by atoms with E-state index in [0.29, 0.717) is 38.8 Å². The highest BCUT2D eigenvalue weighted by Gasteiger charge is 2.33. The minimum atomic E-state index is -0.455. The number of aliphatic imine (C=N–C) groups is 1. The van der Waals surface area contributed by atoms with Crippen molar-refractivity contribution < 1.29 is 14.1 Å². The van der Waals surface area contributed by atoms with Crippen LogP contribution in [0.5, 0.6) is 0 Å². The van der Waals surface area contributed by atoms with Crippen LogP contribution in [0.2, 0.25) is 0 Å². The number of benzene rings is 2. The van der Waals surface area contributed by atoms with Gasteiger partial charge >= 0.3 is 0 Å². The molecule has 36 heavy (non-hydrogen) atoms. The van der Waals surface area contributed by atoms with Crippen LogP contribution in [-0.2, 0) is 4.79 Å². The SMILES string of the molecule is C=CCN1C(=O)/C(=C\c2ccc(-c3cccc([N+](=O)[O-])c3)o2)S/C1=N/c1nc(-c2ccccc2)cs1. The number of hydrogen-bond acceptors (Lipinski definition) is 8. The zero-order valence-electron chi connectivity index (χ0n) is 18.7. The Hall–Kier alpha value is -4.28. The fourth-order valence-electron chi connectivity index (χ4n) is 3.51. The van der Waals surface area contributed by atoms with E-state index in [0.717, 1.165) is 11.3 Å². The van der Waals surface area contributed by atoms with Crippen molar-refractivity contribution in [1.82, 2.24) is 9.88 Å². The second kappa shape index (κ2) is 10.1. The van der Waals surface area contributed by atoms with E-state index in [9.17, 15) is 14.9 Å². The van der Waals surface area contributed by atoms with Gasteiger partial charge in [0.05, 0.1) is 15.5 Å². The first-order valence-corrected chi connectivity index (χ1v) is 12.5. The number of furan rings is 1.